The Labute approximate surface area is 109 Å². The van der Waals surface area contributed by atoms with Gasteiger partial charge in [0.25, 0.3) is 0 Å². The molecule has 1 aromatic rings. The van der Waals surface area contributed by atoms with Crippen LogP contribution in [-0.4, -0.2) is 6.61 Å². The third-order valence-corrected chi connectivity index (χ3v) is 3.61. The van der Waals surface area contributed by atoms with E-state index >= 15 is 0 Å². The summed E-state index contributed by atoms with van der Waals surface area (Å²) in [6, 6.07) is 12.3. The van der Waals surface area contributed by atoms with E-state index in [2.05, 4.69) is 18.2 Å². The van der Waals surface area contributed by atoms with Gasteiger partial charge in [0.2, 0.25) is 0 Å². The third-order valence-electron chi connectivity index (χ3n) is 3.61. The van der Waals surface area contributed by atoms with E-state index in [9.17, 15) is 0 Å². The second kappa shape index (κ2) is 6.37. The molecule has 0 atom stereocenters. The normalized spacial score (nSPS) is 17.9. The molecular weight excluding hydrogens is 222 g/mol. The van der Waals surface area contributed by atoms with Crippen molar-refractivity contribution in [1.82, 2.24) is 0 Å². The molecule has 0 aromatic heterocycles. The lowest BCUT2D eigenvalue weighted by Gasteiger charge is -2.24. The Hall–Kier alpha value is -1.59. The molecule has 0 saturated heterocycles. The number of nitrogens with zero attached hydrogens (tertiary/aromatic N) is 1. The Morgan fingerprint density at radius 1 is 1.22 bits per heavy atom. The molecule has 1 aliphatic carbocycles. The number of hydrogen-bond acceptors (Lipinski definition) is 2. The number of allylic oxidation sites excluding steroid dienone is 1. The summed E-state index contributed by atoms with van der Waals surface area (Å²) in [5.74, 6) is 0. The monoisotopic (exact) mass is 241 g/mol. The summed E-state index contributed by atoms with van der Waals surface area (Å²) in [7, 11) is 0. The maximum Gasteiger partial charge on any atom is 0.0908 e. The zero-order chi connectivity index (χ0) is 12.7. The van der Waals surface area contributed by atoms with Gasteiger partial charge in [-0.15, -0.1) is 0 Å². The van der Waals surface area contributed by atoms with E-state index in [4.69, 9.17) is 10.00 Å². The quantitative estimate of drug-likeness (QED) is 0.734. The summed E-state index contributed by atoms with van der Waals surface area (Å²) in [6.45, 7) is 1.38. The smallest absolute Gasteiger partial charge is 0.0908 e. The summed E-state index contributed by atoms with van der Waals surface area (Å²) >= 11 is 0. The zero-order valence-electron chi connectivity index (χ0n) is 10.6. The maximum absolute atomic E-state index is 8.67. The minimum absolute atomic E-state index is 0.102. The van der Waals surface area contributed by atoms with Crippen molar-refractivity contribution in [3.8, 4) is 6.07 Å². The van der Waals surface area contributed by atoms with E-state index in [1.54, 1.807) is 6.08 Å². The van der Waals surface area contributed by atoms with Crippen molar-refractivity contribution in [3.05, 3.63) is 48.0 Å². The summed E-state index contributed by atoms with van der Waals surface area (Å²) in [4.78, 5) is 0. The summed E-state index contributed by atoms with van der Waals surface area (Å²) in [5.41, 5.74) is 1.31. The van der Waals surface area contributed by atoms with Crippen LogP contribution in [0.25, 0.3) is 0 Å². The van der Waals surface area contributed by atoms with E-state index in [1.807, 2.05) is 24.3 Å². The van der Waals surface area contributed by atoms with E-state index < -0.39 is 0 Å². The minimum Gasteiger partial charge on any atom is -0.376 e. The first kappa shape index (κ1) is 12.9. The number of rotatable bonds is 5. The van der Waals surface area contributed by atoms with E-state index in [-0.39, 0.29) is 5.41 Å². The molecule has 2 rings (SSSR count). The standard InChI is InChI=1S/C16H19NO/c17-12-6-11-16(9-4-5-10-16)14-18-13-15-7-2-1-3-8-15/h1-3,6-8,11H,4-5,9-10,13-14H2/b11-6-. The minimum atomic E-state index is 0.102. The highest BCUT2D eigenvalue weighted by molar-refractivity contribution is 5.14. The van der Waals surface area contributed by atoms with Gasteiger partial charge in [0.1, 0.15) is 0 Å². The molecule has 1 aliphatic rings. The fourth-order valence-electron chi connectivity index (χ4n) is 2.60. The zero-order valence-corrected chi connectivity index (χ0v) is 10.6. The Bertz CT molecular complexity index is 424. The highest BCUT2D eigenvalue weighted by atomic mass is 16.5. The summed E-state index contributed by atoms with van der Waals surface area (Å²) in [6.07, 6.45) is 8.41. The number of benzene rings is 1. The summed E-state index contributed by atoms with van der Waals surface area (Å²) in [5, 5.41) is 8.67. The molecule has 0 bridgehead atoms. The Morgan fingerprint density at radius 2 is 1.94 bits per heavy atom. The Kier molecular flexibility index (Phi) is 4.55. The lowest BCUT2D eigenvalue weighted by molar-refractivity contribution is 0.0594. The van der Waals surface area contributed by atoms with Crippen LogP contribution in [0.1, 0.15) is 31.2 Å². The topological polar surface area (TPSA) is 33.0 Å². The second-order valence-corrected chi connectivity index (χ2v) is 5.01. The van der Waals surface area contributed by atoms with Crippen molar-refractivity contribution < 1.29 is 4.74 Å². The van der Waals surface area contributed by atoms with E-state index in [0.29, 0.717) is 6.61 Å². The van der Waals surface area contributed by atoms with Crippen LogP contribution in [0, 0.1) is 16.7 Å². The third kappa shape index (κ3) is 3.45. The molecule has 2 nitrogen and oxygen atoms in total. The van der Waals surface area contributed by atoms with Crippen LogP contribution in [0.2, 0.25) is 0 Å². The van der Waals surface area contributed by atoms with Gasteiger partial charge in [0.05, 0.1) is 19.3 Å². The molecule has 94 valence electrons. The van der Waals surface area contributed by atoms with Gasteiger partial charge >= 0.3 is 0 Å². The molecule has 0 spiro atoms. The molecule has 0 amide bonds. The number of ether oxygens (including phenoxy) is 1. The molecular formula is C16H19NO. The van der Waals surface area contributed by atoms with Gasteiger partial charge < -0.3 is 4.74 Å². The van der Waals surface area contributed by atoms with Crippen molar-refractivity contribution in [2.75, 3.05) is 6.61 Å². The Balaban J connectivity index is 1.87. The van der Waals surface area contributed by atoms with E-state index in [0.717, 1.165) is 19.4 Å². The molecule has 0 heterocycles. The van der Waals surface area contributed by atoms with Gasteiger partial charge in [-0.3, -0.25) is 0 Å². The number of nitriles is 1. The van der Waals surface area contributed by atoms with Gasteiger partial charge in [0, 0.05) is 11.5 Å². The fourth-order valence-corrected chi connectivity index (χ4v) is 2.60. The molecule has 0 aliphatic heterocycles. The highest BCUT2D eigenvalue weighted by Crippen LogP contribution is 2.39. The maximum atomic E-state index is 8.67. The van der Waals surface area contributed by atoms with Crippen LogP contribution < -0.4 is 0 Å². The van der Waals surface area contributed by atoms with Crippen molar-refractivity contribution in [1.29, 1.82) is 5.26 Å². The lowest BCUT2D eigenvalue weighted by Crippen LogP contribution is -2.20. The van der Waals surface area contributed by atoms with Crippen LogP contribution in [-0.2, 0) is 11.3 Å². The van der Waals surface area contributed by atoms with Crippen LogP contribution in [0.3, 0.4) is 0 Å². The van der Waals surface area contributed by atoms with Crippen molar-refractivity contribution in [2.24, 2.45) is 5.41 Å². The first-order chi connectivity index (χ1) is 8.85. The van der Waals surface area contributed by atoms with Crippen molar-refractivity contribution in [2.45, 2.75) is 32.3 Å². The van der Waals surface area contributed by atoms with Crippen LogP contribution in [0.4, 0.5) is 0 Å². The van der Waals surface area contributed by atoms with Gasteiger partial charge in [-0.1, -0.05) is 49.2 Å². The molecule has 0 unspecified atom stereocenters. The first-order valence-electron chi connectivity index (χ1n) is 6.54. The molecule has 0 N–H and O–H groups in total. The molecule has 18 heavy (non-hydrogen) atoms. The lowest BCUT2D eigenvalue weighted by atomic mass is 9.87. The van der Waals surface area contributed by atoms with Crippen molar-refractivity contribution >= 4 is 0 Å². The fraction of sp³-hybridized carbons (Fsp3) is 0.438. The Morgan fingerprint density at radius 3 is 2.61 bits per heavy atom. The molecule has 1 saturated carbocycles. The van der Waals surface area contributed by atoms with Gasteiger partial charge in [0.15, 0.2) is 0 Å². The molecule has 1 fully saturated rings. The molecule has 2 heteroatoms. The molecule has 0 radical (unpaired) electrons. The van der Waals surface area contributed by atoms with Crippen LogP contribution in [0.15, 0.2) is 42.5 Å². The average molecular weight is 241 g/mol. The van der Waals surface area contributed by atoms with Crippen molar-refractivity contribution in [3.63, 3.8) is 0 Å². The second-order valence-electron chi connectivity index (χ2n) is 5.01. The van der Waals surface area contributed by atoms with Gasteiger partial charge in [-0.2, -0.15) is 5.26 Å². The molecule has 1 aromatic carbocycles. The largest absolute Gasteiger partial charge is 0.376 e. The van der Waals surface area contributed by atoms with E-state index in [1.165, 1.54) is 18.4 Å². The van der Waals surface area contributed by atoms with Gasteiger partial charge in [-0.25, -0.2) is 0 Å². The van der Waals surface area contributed by atoms with Gasteiger partial charge in [-0.05, 0) is 18.4 Å². The predicted molar refractivity (Wildman–Crippen MR) is 71.8 cm³/mol. The SMILES string of the molecule is N#C/C=C\C1(COCc2ccccc2)CCCC1. The van der Waals surface area contributed by atoms with Crippen LogP contribution in [0.5, 0.6) is 0 Å². The first-order valence-corrected chi connectivity index (χ1v) is 6.54. The average Bonchev–Trinajstić information content (AvgIpc) is 2.87. The number of hydrogen-bond donors (Lipinski definition) is 0. The van der Waals surface area contributed by atoms with Crippen LogP contribution >= 0.6 is 0 Å². The summed E-state index contributed by atoms with van der Waals surface area (Å²) < 4.78 is 5.84. The highest BCUT2D eigenvalue weighted by Gasteiger charge is 2.31. The predicted octanol–water partition coefficient (Wildman–Crippen LogP) is 3.84.